The number of Topliss-reactive ketones (excluding diaryl/α,β-unsaturated/α-hetero) is 1. The molecule has 2 atom stereocenters. The quantitative estimate of drug-likeness (QED) is 0.543. The number of carbonyl (C=O) groups excluding carboxylic acids is 2. The number of carbonyl (C=O) groups is 2. The SMILES string of the molecule is CC1(C)C(=O)[C@@](C)(Cc2ccc(Br)cc2)C(=O)O[C@@H]1c1ccccc1. The first-order valence-corrected chi connectivity index (χ1v) is 9.10. The number of ether oxygens (including phenoxy) is 1. The van der Waals surface area contributed by atoms with Crippen molar-refractivity contribution in [3.05, 3.63) is 70.2 Å². The molecule has 2 aromatic carbocycles. The van der Waals surface area contributed by atoms with E-state index in [1.165, 1.54) is 0 Å². The molecule has 3 rings (SSSR count). The molecule has 4 heteroatoms. The van der Waals surface area contributed by atoms with Crippen LogP contribution in [0.4, 0.5) is 0 Å². The number of esters is 1. The minimum Gasteiger partial charge on any atom is -0.456 e. The summed E-state index contributed by atoms with van der Waals surface area (Å²) in [4.78, 5) is 26.1. The van der Waals surface area contributed by atoms with Crippen LogP contribution in [0.25, 0.3) is 0 Å². The first-order chi connectivity index (χ1) is 11.7. The van der Waals surface area contributed by atoms with E-state index < -0.39 is 22.9 Å². The lowest BCUT2D eigenvalue weighted by Crippen LogP contribution is -2.54. The summed E-state index contributed by atoms with van der Waals surface area (Å²) in [5.74, 6) is -0.526. The minimum atomic E-state index is -1.18. The van der Waals surface area contributed by atoms with Gasteiger partial charge in [0.1, 0.15) is 11.5 Å². The molecule has 3 nitrogen and oxygen atoms in total. The monoisotopic (exact) mass is 400 g/mol. The van der Waals surface area contributed by atoms with E-state index in [9.17, 15) is 9.59 Å². The Kier molecular flexibility index (Phi) is 4.58. The van der Waals surface area contributed by atoms with Gasteiger partial charge in [-0.15, -0.1) is 0 Å². The van der Waals surface area contributed by atoms with Gasteiger partial charge < -0.3 is 4.74 Å². The Labute approximate surface area is 156 Å². The summed E-state index contributed by atoms with van der Waals surface area (Å²) in [7, 11) is 0. The number of halogens is 1. The van der Waals surface area contributed by atoms with Gasteiger partial charge in [-0.25, -0.2) is 0 Å². The van der Waals surface area contributed by atoms with Crippen LogP contribution in [0, 0.1) is 10.8 Å². The third kappa shape index (κ3) is 3.15. The lowest BCUT2D eigenvalue weighted by Gasteiger charge is -2.44. The summed E-state index contributed by atoms with van der Waals surface area (Å²) >= 11 is 3.40. The number of hydrogen-bond acceptors (Lipinski definition) is 3. The van der Waals surface area contributed by atoms with E-state index >= 15 is 0 Å². The maximum atomic E-state index is 13.3. The van der Waals surface area contributed by atoms with Crippen molar-refractivity contribution in [3.8, 4) is 0 Å². The summed E-state index contributed by atoms with van der Waals surface area (Å²) in [5.41, 5.74) is -0.188. The van der Waals surface area contributed by atoms with Crippen molar-refractivity contribution in [1.29, 1.82) is 0 Å². The minimum absolute atomic E-state index is 0.0759. The van der Waals surface area contributed by atoms with Crippen molar-refractivity contribution in [2.75, 3.05) is 0 Å². The smallest absolute Gasteiger partial charge is 0.320 e. The van der Waals surface area contributed by atoms with Gasteiger partial charge in [-0.1, -0.05) is 58.4 Å². The zero-order valence-corrected chi connectivity index (χ0v) is 16.2. The Morgan fingerprint density at radius 2 is 1.56 bits per heavy atom. The van der Waals surface area contributed by atoms with Crippen molar-refractivity contribution in [3.63, 3.8) is 0 Å². The first-order valence-electron chi connectivity index (χ1n) is 8.30. The molecular formula is C21H21BrO3. The van der Waals surface area contributed by atoms with Crippen molar-refractivity contribution in [2.45, 2.75) is 33.3 Å². The van der Waals surface area contributed by atoms with Crippen LogP contribution in [0.3, 0.4) is 0 Å². The zero-order chi connectivity index (χ0) is 18.2. The van der Waals surface area contributed by atoms with Crippen LogP contribution in [0.2, 0.25) is 0 Å². The fourth-order valence-electron chi connectivity index (χ4n) is 3.58. The highest BCUT2D eigenvalue weighted by atomic mass is 79.9. The lowest BCUT2D eigenvalue weighted by molar-refractivity contribution is -0.188. The van der Waals surface area contributed by atoms with Gasteiger partial charge in [-0.3, -0.25) is 9.59 Å². The van der Waals surface area contributed by atoms with Crippen LogP contribution >= 0.6 is 15.9 Å². The second-order valence-corrected chi connectivity index (χ2v) is 8.30. The summed E-state index contributed by atoms with van der Waals surface area (Å²) in [6.45, 7) is 5.42. The van der Waals surface area contributed by atoms with Crippen LogP contribution in [0.1, 0.15) is 38.0 Å². The Balaban J connectivity index is 1.94. The van der Waals surface area contributed by atoms with E-state index in [1.54, 1.807) is 6.92 Å². The van der Waals surface area contributed by atoms with Gasteiger partial charge in [0.2, 0.25) is 0 Å². The number of rotatable bonds is 3. The van der Waals surface area contributed by atoms with Crippen molar-refractivity contribution < 1.29 is 14.3 Å². The highest BCUT2D eigenvalue weighted by Gasteiger charge is 2.57. The molecule has 0 unspecified atom stereocenters. The van der Waals surface area contributed by atoms with E-state index in [0.717, 1.165) is 15.6 Å². The van der Waals surface area contributed by atoms with E-state index in [0.29, 0.717) is 6.42 Å². The van der Waals surface area contributed by atoms with Crippen LogP contribution in [0.5, 0.6) is 0 Å². The molecule has 0 radical (unpaired) electrons. The molecule has 0 saturated carbocycles. The molecule has 1 saturated heterocycles. The molecule has 0 aromatic heterocycles. The lowest BCUT2D eigenvalue weighted by atomic mass is 9.64. The third-order valence-electron chi connectivity index (χ3n) is 4.99. The highest BCUT2D eigenvalue weighted by molar-refractivity contribution is 9.10. The molecule has 0 bridgehead atoms. The predicted molar refractivity (Wildman–Crippen MR) is 100 cm³/mol. The predicted octanol–water partition coefficient (Wildman–Crippen LogP) is 4.89. The van der Waals surface area contributed by atoms with Crippen molar-refractivity contribution >= 4 is 27.7 Å². The molecule has 1 aliphatic heterocycles. The molecule has 1 aliphatic rings. The summed E-state index contributed by atoms with van der Waals surface area (Å²) in [6, 6.07) is 17.1. The first kappa shape index (κ1) is 17.9. The molecule has 0 amide bonds. The number of hydrogen-bond donors (Lipinski definition) is 0. The Morgan fingerprint density at radius 3 is 2.16 bits per heavy atom. The van der Waals surface area contributed by atoms with Crippen LogP contribution < -0.4 is 0 Å². The average molecular weight is 401 g/mol. The molecule has 1 fully saturated rings. The Morgan fingerprint density at radius 1 is 0.960 bits per heavy atom. The summed E-state index contributed by atoms with van der Waals surface area (Å²) in [5, 5.41) is 0. The van der Waals surface area contributed by atoms with Gasteiger partial charge >= 0.3 is 5.97 Å². The fourth-order valence-corrected chi connectivity index (χ4v) is 3.85. The molecule has 2 aromatic rings. The fraction of sp³-hybridized carbons (Fsp3) is 0.333. The van der Waals surface area contributed by atoms with Gasteiger partial charge in [0, 0.05) is 4.47 Å². The van der Waals surface area contributed by atoms with Gasteiger partial charge in [0.15, 0.2) is 5.78 Å². The normalized spacial score (nSPS) is 25.5. The van der Waals surface area contributed by atoms with E-state index in [1.807, 2.05) is 68.4 Å². The van der Waals surface area contributed by atoms with Crippen LogP contribution in [-0.2, 0) is 20.7 Å². The molecule has 0 N–H and O–H groups in total. The largest absolute Gasteiger partial charge is 0.456 e. The van der Waals surface area contributed by atoms with Crippen molar-refractivity contribution in [1.82, 2.24) is 0 Å². The Bertz CT molecular complexity index is 796. The summed E-state index contributed by atoms with van der Waals surface area (Å²) in [6.07, 6.45) is -0.227. The molecule has 25 heavy (non-hydrogen) atoms. The zero-order valence-electron chi connectivity index (χ0n) is 14.6. The van der Waals surface area contributed by atoms with Gasteiger partial charge in [0.25, 0.3) is 0 Å². The molecule has 130 valence electrons. The van der Waals surface area contributed by atoms with Gasteiger partial charge in [0.05, 0.1) is 5.41 Å². The third-order valence-corrected chi connectivity index (χ3v) is 5.52. The van der Waals surface area contributed by atoms with Crippen LogP contribution in [-0.4, -0.2) is 11.8 Å². The molecular weight excluding hydrogens is 380 g/mol. The highest BCUT2D eigenvalue weighted by Crippen LogP contribution is 2.48. The maximum absolute atomic E-state index is 13.3. The van der Waals surface area contributed by atoms with E-state index in [-0.39, 0.29) is 5.78 Å². The second kappa shape index (κ2) is 6.41. The topological polar surface area (TPSA) is 43.4 Å². The van der Waals surface area contributed by atoms with E-state index in [4.69, 9.17) is 4.74 Å². The number of ketones is 1. The molecule has 1 heterocycles. The second-order valence-electron chi connectivity index (χ2n) is 7.38. The van der Waals surface area contributed by atoms with Crippen LogP contribution in [0.15, 0.2) is 59.1 Å². The average Bonchev–Trinajstić information content (AvgIpc) is 2.60. The van der Waals surface area contributed by atoms with Crippen molar-refractivity contribution in [2.24, 2.45) is 10.8 Å². The molecule has 0 spiro atoms. The number of cyclic esters (lactones) is 1. The Hall–Kier alpha value is -1.94. The maximum Gasteiger partial charge on any atom is 0.320 e. The summed E-state index contributed by atoms with van der Waals surface area (Å²) < 4.78 is 6.76. The number of benzene rings is 2. The van der Waals surface area contributed by atoms with Gasteiger partial charge in [-0.05, 0) is 50.5 Å². The van der Waals surface area contributed by atoms with E-state index in [2.05, 4.69) is 15.9 Å². The molecule has 0 aliphatic carbocycles. The van der Waals surface area contributed by atoms with Gasteiger partial charge in [-0.2, -0.15) is 0 Å². The standard InChI is InChI=1S/C21H21BrO3/c1-20(2)17(15-7-5-4-6-8-15)25-19(24)21(3,18(20)23)13-14-9-11-16(22)12-10-14/h4-12,17H,13H2,1-3H3/t17-,21-/m1/s1.